The van der Waals surface area contributed by atoms with E-state index < -0.39 is 49.3 Å². The number of aliphatic hydroxyl groups is 2. The van der Waals surface area contributed by atoms with E-state index in [2.05, 4.69) is 15.0 Å². The Morgan fingerprint density at radius 2 is 1.58 bits per heavy atom. The van der Waals surface area contributed by atoms with Crippen molar-refractivity contribution in [3.8, 4) is 5.88 Å². The van der Waals surface area contributed by atoms with Crippen LogP contribution in [-0.2, 0) is 32.5 Å². The van der Waals surface area contributed by atoms with Crippen LogP contribution < -0.4 is 4.74 Å². The molecule has 2 N–H and O–H groups in total. The van der Waals surface area contributed by atoms with Crippen LogP contribution in [0.15, 0.2) is 12.7 Å². The second kappa shape index (κ2) is 14.2. The van der Waals surface area contributed by atoms with Crippen molar-refractivity contribution in [2.75, 3.05) is 38.4 Å². The highest BCUT2D eigenvalue weighted by Crippen LogP contribution is 2.51. The number of fused-ring (bicyclic) bond motifs is 1. The predicted molar refractivity (Wildman–Crippen MR) is 162 cm³/mol. The van der Waals surface area contributed by atoms with Gasteiger partial charge in [0.25, 0.3) is 0 Å². The fourth-order valence-electron chi connectivity index (χ4n) is 3.81. The minimum absolute atomic E-state index is 0.0597. The van der Waals surface area contributed by atoms with Crippen molar-refractivity contribution < 1.29 is 47.4 Å². The lowest BCUT2D eigenvalue weighted by Gasteiger charge is -2.27. The van der Waals surface area contributed by atoms with E-state index in [1.54, 1.807) is 41.5 Å². The molecule has 4 atom stereocenters. The first kappa shape index (κ1) is 35.9. The van der Waals surface area contributed by atoms with Crippen LogP contribution in [0.1, 0.15) is 54.7 Å². The molecule has 0 aromatic carbocycles. The number of carbonyl (C=O) groups is 2. The van der Waals surface area contributed by atoms with E-state index in [-0.39, 0.29) is 40.8 Å². The molecule has 0 saturated carbocycles. The van der Waals surface area contributed by atoms with E-state index >= 15 is 0 Å². The van der Waals surface area contributed by atoms with Gasteiger partial charge in [0, 0.05) is 22.3 Å². The monoisotopic (exact) mass is 664 g/mol. The van der Waals surface area contributed by atoms with Gasteiger partial charge in [-0.1, -0.05) is 65.1 Å². The Morgan fingerprint density at radius 3 is 2.09 bits per heavy atom. The van der Waals surface area contributed by atoms with E-state index in [9.17, 15) is 24.4 Å². The number of ether oxygens (including phenoxy) is 2. The highest BCUT2D eigenvalue weighted by atomic mass is 32.2. The molecule has 14 nitrogen and oxygen atoms in total. The average Bonchev–Trinajstić information content (AvgIpc) is 3.44. The molecule has 0 radical (unpaired) electrons. The molecule has 0 amide bonds. The van der Waals surface area contributed by atoms with Crippen LogP contribution in [0.5, 0.6) is 5.88 Å². The molecule has 3 rings (SSSR count). The fourth-order valence-corrected chi connectivity index (χ4v) is 6.81. The van der Waals surface area contributed by atoms with Gasteiger partial charge in [0.15, 0.2) is 27.6 Å². The van der Waals surface area contributed by atoms with E-state index in [1.165, 1.54) is 31.3 Å². The van der Waals surface area contributed by atoms with Gasteiger partial charge < -0.3 is 19.7 Å². The van der Waals surface area contributed by atoms with E-state index in [1.807, 2.05) is 0 Å². The summed E-state index contributed by atoms with van der Waals surface area (Å²) in [4.78, 5) is 36.9. The van der Waals surface area contributed by atoms with Gasteiger partial charge in [-0.3, -0.25) is 27.7 Å². The van der Waals surface area contributed by atoms with Crippen LogP contribution >= 0.6 is 31.3 Å². The number of hydrogen-bond acceptors (Lipinski definition) is 15. The number of methoxy groups -OCH3 is 1. The van der Waals surface area contributed by atoms with Crippen molar-refractivity contribution in [2.24, 2.45) is 10.8 Å². The maximum atomic E-state index is 13.6. The molecule has 3 heterocycles. The summed E-state index contributed by atoms with van der Waals surface area (Å²) in [6, 6.07) is 0. The molecule has 1 fully saturated rings. The largest absolute Gasteiger partial charge is 0.479 e. The molecule has 2 aromatic heterocycles. The quantitative estimate of drug-likeness (QED) is 0.234. The molecule has 0 spiro atoms. The number of phosphoric acid groups is 1. The second-order valence-corrected chi connectivity index (χ2v) is 15.9. The van der Waals surface area contributed by atoms with Crippen LogP contribution in [0.3, 0.4) is 0 Å². The lowest BCUT2D eigenvalue weighted by molar-refractivity contribution is -0.118. The Morgan fingerprint density at radius 1 is 1.02 bits per heavy atom. The Labute approximate surface area is 259 Å². The van der Waals surface area contributed by atoms with Gasteiger partial charge in [-0.15, -0.1) is 0 Å². The van der Waals surface area contributed by atoms with Gasteiger partial charge in [0.05, 0.1) is 33.3 Å². The SMILES string of the molecule is COc1ncnc2c1ncn2C1O[C@H](COP(=O)(OCCSC(=O)C(C)(C)C)OCCSC(=O)C(C)(C)C)[C@@H](O)[C@@]1(C)O. The lowest BCUT2D eigenvalue weighted by Crippen LogP contribution is -2.44. The van der Waals surface area contributed by atoms with Gasteiger partial charge in [0.1, 0.15) is 24.1 Å². The minimum Gasteiger partial charge on any atom is -0.479 e. The van der Waals surface area contributed by atoms with Crippen molar-refractivity contribution in [3.05, 3.63) is 12.7 Å². The first-order valence-corrected chi connectivity index (χ1v) is 17.0. The Bertz CT molecular complexity index is 1290. The summed E-state index contributed by atoms with van der Waals surface area (Å²) in [5, 5.41) is 22.0. The van der Waals surface area contributed by atoms with Gasteiger partial charge in [-0.05, 0) is 6.92 Å². The molecule has 0 bridgehead atoms. The van der Waals surface area contributed by atoms with E-state index in [0.29, 0.717) is 11.2 Å². The summed E-state index contributed by atoms with van der Waals surface area (Å²) in [6.45, 7) is 11.4. The summed E-state index contributed by atoms with van der Waals surface area (Å²) in [7, 11) is -2.81. The summed E-state index contributed by atoms with van der Waals surface area (Å²) >= 11 is 2.07. The smallest absolute Gasteiger partial charge is 0.474 e. The normalized spacial score (nSPS) is 23.2. The molecular formula is C26H41N4O10PS2. The lowest BCUT2D eigenvalue weighted by atomic mass is 9.96. The molecule has 1 aliphatic rings. The number of aromatic nitrogens is 4. The number of thioether (sulfide) groups is 2. The van der Waals surface area contributed by atoms with Crippen LogP contribution in [0.4, 0.5) is 0 Å². The summed E-state index contributed by atoms with van der Waals surface area (Å²) in [6.07, 6.45) is -1.14. The molecule has 2 aromatic rings. The zero-order chi connectivity index (χ0) is 32.2. The molecule has 43 heavy (non-hydrogen) atoms. The van der Waals surface area contributed by atoms with Crippen molar-refractivity contribution in [2.45, 2.75) is 72.5 Å². The molecular weight excluding hydrogens is 623 g/mol. The summed E-state index contributed by atoms with van der Waals surface area (Å²) in [5.74, 6) is 0.618. The molecule has 0 aliphatic carbocycles. The van der Waals surface area contributed by atoms with Crippen LogP contribution in [0.25, 0.3) is 11.2 Å². The van der Waals surface area contributed by atoms with Gasteiger partial charge in [-0.25, -0.2) is 14.5 Å². The summed E-state index contributed by atoms with van der Waals surface area (Å²) in [5.41, 5.74) is -2.32. The second-order valence-electron chi connectivity index (χ2n) is 12.1. The highest BCUT2D eigenvalue weighted by Gasteiger charge is 2.54. The maximum Gasteiger partial charge on any atom is 0.474 e. The fraction of sp³-hybridized carbons (Fsp3) is 0.731. The van der Waals surface area contributed by atoms with Gasteiger partial charge in [-0.2, -0.15) is 4.98 Å². The first-order chi connectivity index (χ1) is 19.9. The average molecular weight is 665 g/mol. The van der Waals surface area contributed by atoms with Crippen molar-refractivity contribution in [1.82, 2.24) is 19.5 Å². The number of hydrogen-bond donors (Lipinski definition) is 2. The highest BCUT2D eigenvalue weighted by molar-refractivity contribution is 8.14. The van der Waals surface area contributed by atoms with Gasteiger partial charge >= 0.3 is 7.82 Å². The molecule has 17 heteroatoms. The number of phosphoric ester groups is 1. The van der Waals surface area contributed by atoms with Crippen molar-refractivity contribution >= 4 is 52.7 Å². The number of aliphatic hydroxyl groups excluding tert-OH is 1. The van der Waals surface area contributed by atoms with Crippen LogP contribution in [0, 0.1) is 10.8 Å². The third kappa shape index (κ3) is 8.98. The van der Waals surface area contributed by atoms with Crippen LogP contribution in [-0.4, -0.2) is 96.2 Å². The topological polar surface area (TPSA) is 181 Å². The standard InChI is InChI=1S/C26H41N4O10PS2/c1-24(2,3)22(32)42-11-9-37-41(35,38-10-12-43-23(33)25(4,5)6)39-13-16-18(31)26(7,34)21(40-16)30-15-29-17-19(30)27-14-28-20(17)36-8/h14-16,18,21,31,34H,9-13H2,1-8H3/t16-,18-,21?,26-/m1/s1. The third-order valence-corrected chi connectivity index (χ3v) is 10.2. The Kier molecular flexibility index (Phi) is 11.9. The molecule has 242 valence electrons. The van der Waals surface area contributed by atoms with E-state index in [4.69, 9.17) is 23.0 Å². The summed E-state index contributed by atoms with van der Waals surface area (Å²) < 4.78 is 42.8. The first-order valence-electron chi connectivity index (χ1n) is 13.6. The number of imidazole rings is 1. The maximum absolute atomic E-state index is 13.6. The zero-order valence-electron chi connectivity index (χ0n) is 25.6. The Balaban J connectivity index is 1.69. The zero-order valence-corrected chi connectivity index (χ0v) is 28.2. The minimum atomic E-state index is -4.25. The molecule has 1 unspecified atom stereocenters. The number of nitrogens with zero attached hydrogens (tertiary/aromatic N) is 4. The van der Waals surface area contributed by atoms with Crippen molar-refractivity contribution in [3.63, 3.8) is 0 Å². The van der Waals surface area contributed by atoms with E-state index in [0.717, 1.165) is 23.5 Å². The third-order valence-electron chi connectivity index (χ3n) is 6.28. The van der Waals surface area contributed by atoms with Gasteiger partial charge in [0.2, 0.25) is 5.88 Å². The van der Waals surface area contributed by atoms with Crippen molar-refractivity contribution in [1.29, 1.82) is 0 Å². The predicted octanol–water partition coefficient (Wildman–Crippen LogP) is 3.61. The van der Waals surface area contributed by atoms with Crippen LogP contribution in [0.2, 0.25) is 0 Å². The molecule has 1 saturated heterocycles. The Hall–Kier alpha value is -1.62. The number of carbonyl (C=O) groups excluding carboxylic acids is 2. The number of rotatable bonds is 13. The molecule has 1 aliphatic heterocycles.